The number of urea groups is 1. The van der Waals surface area contributed by atoms with Gasteiger partial charge in [0.1, 0.15) is 0 Å². The number of ether oxygens (including phenoxy) is 1. The van der Waals surface area contributed by atoms with Crippen molar-refractivity contribution in [2.24, 2.45) is 5.73 Å². The Hall–Kier alpha value is -4.13. The summed E-state index contributed by atoms with van der Waals surface area (Å²) in [4.78, 5) is 37.8. The summed E-state index contributed by atoms with van der Waals surface area (Å²) in [6, 6.07) is 23.1. The van der Waals surface area contributed by atoms with Gasteiger partial charge in [-0.15, -0.1) is 0 Å². The van der Waals surface area contributed by atoms with E-state index in [4.69, 9.17) is 10.5 Å². The van der Waals surface area contributed by atoms with Gasteiger partial charge < -0.3 is 20.7 Å². The van der Waals surface area contributed by atoms with Crippen molar-refractivity contribution in [3.63, 3.8) is 0 Å². The average molecular weight is 431 g/mol. The summed E-state index contributed by atoms with van der Waals surface area (Å²) in [7, 11) is 0. The van der Waals surface area contributed by atoms with E-state index in [1.54, 1.807) is 29.2 Å². The van der Waals surface area contributed by atoms with Crippen LogP contribution < -0.4 is 16.0 Å². The number of carbonyl (C=O) groups excluding carboxylic acids is 3. The van der Waals surface area contributed by atoms with Crippen LogP contribution in [0.2, 0.25) is 0 Å². The number of rotatable bonds is 8. The highest BCUT2D eigenvalue weighted by molar-refractivity contribution is 5.97. The molecule has 0 aliphatic heterocycles. The largest absolute Gasteiger partial charge is 0.452 e. The first-order chi connectivity index (χ1) is 15.4. The number of aryl methyl sites for hydroxylation is 1. The lowest BCUT2D eigenvalue weighted by atomic mass is 10.1. The summed E-state index contributed by atoms with van der Waals surface area (Å²) in [6.07, 6.45) is 0. The smallest absolute Gasteiger partial charge is 0.338 e. The molecular weight excluding hydrogens is 406 g/mol. The Morgan fingerprint density at radius 1 is 0.906 bits per heavy atom. The fraction of sp³-hybridized carbons (Fsp3) is 0.160. The van der Waals surface area contributed by atoms with E-state index in [1.165, 1.54) is 0 Å². The zero-order valence-electron chi connectivity index (χ0n) is 17.8. The molecule has 3 aromatic rings. The Bertz CT molecular complexity index is 1080. The Kier molecular flexibility index (Phi) is 7.59. The van der Waals surface area contributed by atoms with Crippen molar-refractivity contribution < 1.29 is 19.1 Å². The van der Waals surface area contributed by atoms with E-state index in [-0.39, 0.29) is 19.1 Å². The summed E-state index contributed by atoms with van der Waals surface area (Å²) in [5.41, 5.74) is 8.87. The van der Waals surface area contributed by atoms with Crippen molar-refractivity contribution in [3.8, 4) is 0 Å². The first-order valence-electron chi connectivity index (χ1n) is 10.1. The highest BCUT2D eigenvalue weighted by Gasteiger charge is 2.19. The summed E-state index contributed by atoms with van der Waals surface area (Å²) >= 11 is 0. The minimum Gasteiger partial charge on any atom is -0.452 e. The number of nitrogens with zero attached hydrogens (tertiary/aromatic N) is 1. The SMILES string of the molecule is Cc1cccc(N(Cc2ccccc2)C(=O)COC(=O)c2ccc(CNC(N)=O)cc2)c1. The van der Waals surface area contributed by atoms with Crippen LogP contribution in [0.5, 0.6) is 0 Å². The monoisotopic (exact) mass is 431 g/mol. The molecular formula is C25H25N3O4. The summed E-state index contributed by atoms with van der Waals surface area (Å²) in [5.74, 6) is -0.924. The number of carbonyl (C=O) groups is 3. The van der Waals surface area contributed by atoms with E-state index in [0.717, 1.165) is 22.4 Å². The second-order valence-electron chi connectivity index (χ2n) is 7.30. The van der Waals surface area contributed by atoms with Crippen LogP contribution in [-0.2, 0) is 22.6 Å². The Morgan fingerprint density at radius 2 is 1.62 bits per heavy atom. The molecule has 0 spiro atoms. The van der Waals surface area contributed by atoms with E-state index >= 15 is 0 Å². The number of esters is 1. The number of nitrogens with one attached hydrogen (secondary N) is 1. The second kappa shape index (κ2) is 10.8. The molecule has 0 bridgehead atoms. The van der Waals surface area contributed by atoms with Gasteiger partial charge in [0.15, 0.2) is 6.61 Å². The highest BCUT2D eigenvalue weighted by atomic mass is 16.5. The van der Waals surface area contributed by atoms with E-state index in [0.29, 0.717) is 12.1 Å². The number of hydrogen-bond acceptors (Lipinski definition) is 4. The predicted octanol–water partition coefficient (Wildman–Crippen LogP) is 3.55. The number of benzene rings is 3. The normalized spacial score (nSPS) is 10.3. The molecule has 3 rings (SSSR count). The molecule has 0 aliphatic rings. The molecule has 3 aromatic carbocycles. The molecule has 7 nitrogen and oxygen atoms in total. The van der Waals surface area contributed by atoms with Gasteiger partial charge in [-0.2, -0.15) is 0 Å². The molecule has 0 saturated carbocycles. The molecule has 0 aliphatic carbocycles. The number of nitrogens with two attached hydrogens (primary N) is 1. The maximum Gasteiger partial charge on any atom is 0.338 e. The fourth-order valence-electron chi connectivity index (χ4n) is 3.12. The van der Waals surface area contributed by atoms with E-state index in [1.807, 2.05) is 61.5 Å². The van der Waals surface area contributed by atoms with Crippen molar-refractivity contribution in [1.82, 2.24) is 5.32 Å². The van der Waals surface area contributed by atoms with Gasteiger partial charge in [0.05, 0.1) is 12.1 Å². The number of anilines is 1. The minimum absolute atomic E-state index is 0.258. The first kappa shape index (κ1) is 22.6. The lowest BCUT2D eigenvalue weighted by Crippen LogP contribution is -2.34. The van der Waals surface area contributed by atoms with Gasteiger partial charge in [-0.1, -0.05) is 54.6 Å². The van der Waals surface area contributed by atoms with Crippen LogP contribution in [0.25, 0.3) is 0 Å². The van der Waals surface area contributed by atoms with Crippen molar-refractivity contribution in [1.29, 1.82) is 0 Å². The quantitative estimate of drug-likeness (QED) is 0.533. The highest BCUT2D eigenvalue weighted by Crippen LogP contribution is 2.19. The zero-order chi connectivity index (χ0) is 22.9. The van der Waals surface area contributed by atoms with Gasteiger partial charge in [-0.25, -0.2) is 9.59 Å². The molecule has 0 saturated heterocycles. The van der Waals surface area contributed by atoms with Gasteiger partial charge in [0, 0.05) is 12.2 Å². The second-order valence-corrected chi connectivity index (χ2v) is 7.30. The van der Waals surface area contributed by atoms with Crippen molar-refractivity contribution >= 4 is 23.6 Å². The minimum atomic E-state index is -0.624. The molecule has 0 fully saturated rings. The van der Waals surface area contributed by atoms with Crippen LogP contribution in [0.3, 0.4) is 0 Å². The lowest BCUT2D eigenvalue weighted by Gasteiger charge is -2.23. The van der Waals surface area contributed by atoms with E-state index in [2.05, 4.69) is 5.32 Å². The van der Waals surface area contributed by atoms with E-state index < -0.39 is 12.0 Å². The fourth-order valence-corrected chi connectivity index (χ4v) is 3.12. The maximum atomic E-state index is 13.0. The van der Waals surface area contributed by atoms with Crippen molar-refractivity contribution in [2.75, 3.05) is 11.5 Å². The molecule has 0 heterocycles. The lowest BCUT2D eigenvalue weighted by molar-refractivity contribution is -0.121. The Labute approximate surface area is 186 Å². The van der Waals surface area contributed by atoms with Gasteiger partial charge in [-0.05, 0) is 47.9 Å². The van der Waals surface area contributed by atoms with Crippen LogP contribution in [-0.4, -0.2) is 24.5 Å². The van der Waals surface area contributed by atoms with Gasteiger partial charge in [0.2, 0.25) is 0 Å². The summed E-state index contributed by atoms with van der Waals surface area (Å²) in [6.45, 7) is 2.19. The topological polar surface area (TPSA) is 102 Å². The van der Waals surface area contributed by atoms with Crippen LogP contribution >= 0.6 is 0 Å². The molecule has 0 aromatic heterocycles. The van der Waals surface area contributed by atoms with Gasteiger partial charge >= 0.3 is 12.0 Å². The summed E-state index contributed by atoms with van der Waals surface area (Å²) in [5, 5.41) is 2.47. The van der Waals surface area contributed by atoms with E-state index in [9.17, 15) is 14.4 Å². The molecule has 164 valence electrons. The first-order valence-corrected chi connectivity index (χ1v) is 10.1. The molecule has 7 heteroatoms. The molecule has 32 heavy (non-hydrogen) atoms. The average Bonchev–Trinajstić information content (AvgIpc) is 2.80. The van der Waals surface area contributed by atoms with Crippen molar-refractivity contribution in [3.05, 3.63) is 101 Å². The molecule has 0 unspecified atom stereocenters. The van der Waals surface area contributed by atoms with Gasteiger partial charge in [-0.3, -0.25) is 4.79 Å². The molecule has 3 amide bonds. The van der Waals surface area contributed by atoms with Crippen molar-refractivity contribution in [2.45, 2.75) is 20.0 Å². The van der Waals surface area contributed by atoms with Crippen LogP contribution in [0.15, 0.2) is 78.9 Å². The molecule has 0 atom stereocenters. The van der Waals surface area contributed by atoms with Gasteiger partial charge in [0.25, 0.3) is 5.91 Å². The van der Waals surface area contributed by atoms with Crippen LogP contribution in [0, 0.1) is 6.92 Å². The summed E-state index contributed by atoms with van der Waals surface area (Å²) < 4.78 is 5.28. The zero-order valence-corrected chi connectivity index (χ0v) is 17.8. The predicted molar refractivity (Wildman–Crippen MR) is 122 cm³/mol. The number of primary amides is 1. The Balaban J connectivity index is 1.66. The van der Waals surface area contributed by atoms with Crippen LogP contribution in [0.4, 0.5) is 10.5 Å². The number of hydrogen-bond donors (Lipinski definition) is 2. The third-order valence-electron chi connectivity index (χ3n) is 4.78. The molecule has 3 N–H and O–H groups in total. The molecule has 0 radical (unpaired) electrons. The number of amides is 3. The maximum absolute atomic E-state index is 13.0. The standard InChI is InChI=1S/C25H25N3O4/c1-18-6-5-9-22(14-18)28(16-20-7-3-2-4-8-20)23(29)17-32-24(30)21-12-10-19(11-13-21)15-27-25(26)31/h2-14H,15-17H2,1H3,(H3,26,27,31). The third-order valence-corrected chi connectivity index (χ3v) is 4.78. The van der Waals surface area contributed by atoms with Crippen LogP contribution in [0.1, 0.15) is 27.0 Å². The third kappa shape index (κ3) is 6.43. The Morgan fingerprint density at radius 3 is 2.28 bits per heavy atom.